The van der Waals surface area contributed by atoms with Crippen molar-refractivity contribution in [3.05, 3.63) is 35.9 Å². The largest absolute Gasteiger partial charge is 0.370 e. The smallest absolute Gasteiger partial charge is 0.0925 e. The van der Waals surface area contributed by atoms with Gasteiger partial charge in [-0.3, -0.25) is 4.21 Å². The van der Waals surface area contributed by atoms with Gasteiger partial charge < -0.3 is 9.62 Å². The Labute approximate surface area is 174 Å². The molecule has 6 heteroatoms. The predicted molar refractivity (Wildman–Crippen MR) is 122 cm³/mol. The molecule has 0 amide bonds. The van der Waals surface area contributed by atoms with Gasteiger partial charge in [0.15, 0.2) is 0 Å². The van der Waals surface area contributed by atoms with Crippen LogP contribution in [0.1, 0.15) is 46.1 Å². The number of anilines is 2. The fraction of sp³-hybridized carbons (Fsp3) is 0.524. The summed E-state index contributed by atoms with van der Waals surface area (Å²) in [6.07, 6.45) is 2.45. The third-order valence-corrected chi connectivity index (χ3v) is 9.08. The molecule has 2 aromatic rings. The van der Waals surface area contributed by atoms with E-state index < -0.39 is 10.8 Å². The Kier molecular flexibility index (Phi) is 6.59. The van der Waals surface area contributed by atoms with Gasteiger partial charge in [0.25, 0.3) is 0 Å². The standard InChI is InChI=1S/C21H30N2OS3/c1-15(2)27(24)19-10-9-18(25-19)26-22-17-8-6-7-16(3)20(17)23-13-11-21(4,5)12-14-23/h6-10,15,22H,11-14H2,1-5H3. The Hall–Kier alpha value is -0.980. The molecule has 3 rings (SSSR count). The minimum atomic E-state index is -0.913. The number of rotatable bonds is 6. The van der Waals surface area contributed by atoms with Crippen LogP contribution >= 0.6 is 23.3 Å². The molecule has 27 heavy (non-hydrogen) atoms. The first-order valence-corrected chi connectivity index (χ1v) is 12.4. The molecule has 1 aliphatic heterocycles. The summed E-state index contributed by atoms with van der Waals surface area (Å²) in [5.74, 6) is 0. The number of thiophene rings is 1. The van der Waals surface area contributed by atoms with Crippen LogP contribution in [0, 0.1) is 12.3 Å². The van der Waals surface area contributed by atoms with Gasteiger partial charge in [0, 0.05) is 18.3 Å². The highest BCUT2D eigenvalue weighted by atomic mass is 32.2. The minimum absolute atomic E-state index is 0.154. The molecule has 0 spiro atoms. The van der Waals surface area contributed by atoms with Crippen molar-refractivity contribution in [2.45, 2.75) is 61.1 Å². The monoisotopic (exact) mass is 422 g/mol. The number of benzene rings is 1. The van der Waals surface area contributed by atoms with Crippen molar-refractivity contribution in [1.29, 1.82) is 0 Å². The van der Waals surface area contributed by atoms with Gasteiger partial charge in [-0.25, -0.2) is 0 Å². The summed E-state index contributed by atoms with van der Waals surface area (Å²) in [4.78, 5) is 2.52. The van der Waals surface area contributed by atoms with Gasteiger partial charge in [-0.15, -0.1) is 11.3 Å². The molecule has 1 fully saturated rings. The Morgan fingerprint density at radius 2 is 1.89 bits per heavy atom. The molecule has 0 radical (unpaired) electrons. The van der Waals surface area contributed by atoms with Gasteiger partial charge in [0.1, 0.15) is 0 Å². The highest BCUT2D eigenvalue weighted by Crippen LogP contribution is 2.39. The average Bonchev–Trinajstić information content (AvgIpc) is 3.09. The number of para-hydroxylation sites is 1. The van der Waals surface area contributed by atoms with E-state index in [0.717, 1.165) is 21.5 Å². The van der Waals surface area contributed by atoms with Crippen molar-refractivity contribution < 1.29 is 4.21 Å². The van der Waals surface area contributed by atoms with E-state index in [1.807, 2.05) is 19.9 Å². The van der Waals surface area contributed by atoms with E-state index in [4.69, 9.17) is 0 Å². The van der Waals surface area contributed by atoms with Crippen LogP contribution in [0.15, 0.2) is 38.8 Å². The lowest BCUT2D eigenvalue weighted by atomic mass is 9.82. The van der Waals surface area contributed by atoms with Crippen LogP contribution < -0.4 is 9.62 Å². The van der Waals surface area contributed by atoms with Crippen LogP contribution in [0.2, 0.25) is 0 Å². The zero-order chi connectivity index (χ0) is 19.6. The van der Waals surface area contributed by atoms with Gasteiger partial charge in [0.2, 0.25) is 0 Å². The molecule has 1 atom stereocenters. The first-order chi connectivity index (χ1) is 12.8. The second-order valence-corrected chi connectivity index (χ2v) is 12.7. The van der Waals surface area contributed by atoms with Crippen molar-refractivity contribution in [2.24, 2.45) is 5.41 Å². The minimum Gasteiger partial charge on any atom is -0.370 e. The average molecular weight is 423 g/mol. The normalized spacial score (nSPS) is 17.9. The van der Waals surface area contributed by atoms with Gasteiger partial charge in [-0.1, -0.05) is 39.8 Å². The molecule has 1 unspecified atom stereocenters. The molecule has 3 nitrogen and oxygen atoms in total. The van der Waals surface area contributed by atoms with E-state index >= 15 is 0 Å². The first-order valence-electron chi connectivity index (χ1n) is 9.55. The molecular weight excluding hydrogens is 392 g/mol. The Balaban J connectivity index is 1.73. The van der Waals surface area contributed by atoms with Crippen LogP contribution in [-0.4, -0.2) is 22.5 Å². The number of nitrogens with zero attached hydrogens (tertiary/aromatic N) is 1. The second-order valence-electron chi connectivity index (χ2n) is 8.25. The SMILES string of the molecule is Cc1cccc(NSc2ccc(S(=O)C(C)C)s2)c1N1CCC(C)(C)CC1. The molecule has 0 aliphatic carbocycles. The second kappa shape index (κ2) is 8.58. The first kappa shape index (κ1) is 20.7. The fourth-order valence-corrected chi connectivity index (χ4v) is 6.84. The van der Waals surface area contributed by atoms with Gasteiger partial charge in [-0.05, 0) is 60.9 Å². The molecule has 2 heterocycles. The molecule has 1 saturated heterocycles. The third-order valence-electron chi connectivity index (χ3n) is 5.12. The van der Waals surface area contributed by atoms with Crippen molar-refractivity contribution in [2.75, 3.05) is 22.7 Å². The van der Waals surface area contributed by atoms with E-state index in [0.29, 0.717) is 5.41 Å². The summed E-state index contributed by atoms with van der Waals surface area (Å²) >= 11 is 3.24. The number of hydrogen-bond acceptors (Lipinski definition) is 5. The zero-order valence-electron chi connectivity index (χ0n) is 16.9. The van der Waals surface area contributed by atoms with Crippen molar-refractivity contribution in [3.63, 3.8) is 0 Å². The van der Waals surface area contributed by atoms with Gasteiger partial charge >= 0.3 is 0 Å². The summed E-state index contributed by atoms with van der Waals surface area (Å²) in [5.41, 5.74) is 4.25. The number of aryl methyl sites for hydroxylation is 1. The number of piperidine rings is 1. The summed E-state index contributed by atoms with van der Waals surface area (Å²) < 4.78 is 17.9. The highest BCUT2D eigenvalue weighted by Gasteiger charge is 2.27. The quantitative estimate of drug-likeness (QED) is 0.552. The predicted octanol–water partition coefficient (Wildman–Crippen LogP) is 6.32. The number of hydrogen-bond donors (Lipinski definition) is 1. The topological polar surface area (TPSA) is 32.3 Å². The van der Waals surface area contributed by atoms with Crippen molar-refractivity contribution in [3.8, 4) is 0 Å². The van der Waals surface area contributed by atoms with Crippen LogP contribution in [0.3, 0.4) is 0 Å². The van der Waals surface area contributed by atoms with Crippen LogP contribution in [0.25, 0.3) is 0 Å². The van der Waals surface area contributed by atoms with Crippen LogP contribution in [0.5, 0.6) is 0 Å². The molecule has 0 bridgehead atoms. The maximum atomic E-state index is 12.3. The third kappa shape index (κ3) is 5.09. The maximum absolute atomic E-state index is 12.3. The zero-order valence-corrected chi connectivity index (χ0v) is 19.3. The molecule has 1 aromatic carbocycles. The van der Waals surface area contributed by atoms with E-state index in [9.17, 15) is 4.21 Å². The molecule has 1 aromatic heterocycles. The molecule has 148 valence electrons. The Bertz CT molecular complexity index is 804. The fourth-order valence-electron chi connectivity index (χ4n) is 3.30. The Morgan fingerprint density at radius 1 is 1.19 bits per heavy atom. The highest BCUT2D eigenvalue weighted by molar-refractivity contribution is 8.02. The lowest BCUT2D eigenvalue weighted by Crippen LogP contribution is -2.37. The number of nitrogens with one attached hydrogen (secondary N) is 1. The van der Waals surface area contributed by atoms with Gasteiger partial charge in [0.05, 0.1) is 30.6 Å². The lowest BCUT2D eigenvalue weighted by Gasteiger charge is -2.39. The molecular formula is C21H30N2OS3. The van der Waals surface area contributed by atoms with E-state index in [2.05, 4.69) is 54.7 Å². The van der Waals surface area contributed by atoms with Crippen molar-refractivity contribution >= 4 is 45.5 Å². The van der Waals surface area contributed by atoms with Crippen molar-refractivity contribution in [1.82, 2.24) is 0 Å². The van der Waals surface area contributed by atoms with E-state index in [-0.39, 0.29) is 5.25 Å². The summed E-state index contributed by atoms with van der Waals surface area (Å²) in [5, 5.41) is 0.154. The summed E-state index contributed by atoms with van der Waals surface area (Å²) in [6, 6.07) is 10.5. The van der Waals surface area contributed by atoms with E-state index in [1.165, 1.54) is 29.8 Å². The lowest BCUT2D eigenvalue weighted by molar-refractivity contribution is 0.280. The molecule has 0 saturated carbocycles. The summed E-state index contributed by atoms with van der Waals surface area (Å²) in [7, 11) is -0.913. The van der Waals surface area contributed by atoms with E-state index in [1.54, 1.807) is 23.3 Å². The van der Waals surface area contributed by atoms with Crippen LogP contribution in [-0.2, 0) is 10.8 Å². The molecule has 1 aliphatic rings. The maximum Gasteiger partial charge on any atom is 0.0925 e. The van der Waals surface area contributed by atoms with Crippen LogP contribution in [0.4, 0.5) is 11.4 Å². The Morgan fingerprint density at radius 3 is 2.56 bits per heavy atom. The summed E-state index contributed by atoms with van der Waals surface area (Å²) in [6.45, 7) is 13.1. The molecule has 1 N–H and O–H groups in total. The van der Waals surface area contributed by atoms with Gasteiger partial charge in [-0.2, -0.15) is 0 Å².